The molecule has 1 aromatic carbocycles. The number of hydrazine groups is 1. The number of ether oxygens (including phenoxy) is 1. The summed E-state index contributed by atoms with van der Waals surface area (Å²) < 4.78 is 5.13. The van der Waals surface area contributed by atoms with E-state index in [0.29, 0.717) is 11.6 Å². The minimum Gasteiger partial charge on any atom is -0.455 e. The molecule has 6 nitrogen and oxygen atoms in total. The monoisotopic (exact) mass is 323 g/mol. The second kappa shape index (κ2) is 6.64. The molecule has 118 valence electrons. The fourth-order valence-electron chi connectivity index (χ4n) is 2.44. The molecule has 1 amide bonds. The predicted molar refractivity (Wildman–Crippen MR) is 80.9 cm³/mol. The fraction of sp³-hybridized carbons (Fsp3) is 0.467. The Bertz CT molecular complexity index is 560. The Kier molecular flexibility index (Phi) is 4.61. The molecule has 1 aliphatic heterocycles. The van der Waals surface area contributed by atoms with Crippen LogP contribution in [0.25, 0.3) is 0 Å². The van der Waals surface area contributed by atoms with Crippen LogP contribution >= 0.6 is 11.6 Å². The Hall–Kier alpha value is -1.63. The van der Waals surface area contributed by atoms with Gasteiger partial charge in [-0.3, -0.25) is 15.0 Å². The van der Waals surface area contributed by atoms with Gasteiger partial charge >= 0.3 is 5.97 Å². The Morgan fingerprint density at radius 1 is 1.27 bits per heavy atom. The van der Waals surface area contributed by atoms with E-state index in [0.717, 1.165) is 18.4 Å². The molecule has 0 radical (unpaired) electrons. The molecule has 3 N–H and O–H groups in total. The number of carbonyl (C=O) groups is 2. The van der Waals surface area contributed by atoms with Crippen LogP contribution in [0.3, 0.4) is 0 Å². The van der Waals surface area contributed by atoms with E-state index in [1.807, 2.05) is 12.1 Å². The van der Waals surface area contributed by atoms with Crippen LogP contribution in [0, 0.1) is 5.92 Å². The normalized spacial score (nSPS) is 24.0. The Morgan fingerprint density at radius 2 is 2.00 bits per heavy atom. The lowest BCUT2D eigenvalue weighted by Gasteiger charge is -2.17. The minimum atomic E-state index is -0.386. The largest absolute Gasteiger partial charge is 0.455 e. The molecule has 1 heterocycles. The van der Waals surface area contributed by atoms with Crippen molar-refractivity contribution in [2.75, 3.05) is 13.2 Å². The number of carbonyl (C=O) groups excluding carboxylic acids is 2. The van der Waals surface area contributed by atoms with Gasteiger partial charge in [-0.15, -0.1) is 0 Å². The summed E-state index contributed by atoms with van der Waals surface area (Å²) in [4.78, 5) is 23.8. The van der Waals surface area contributed by atoms with Crippen LogP contribution in [0.4, 0.5) is 0 Å². The maximum atomic E-state index is 12.2. The standard InChI is InChI=1S/C15H18ClN3O3/c16-10-3-1-9(2-4-10)14-12(7-17-19-14)15(21)22-8-13(20)18-11-5-6-11/h1-4,11-12,14,17,19H,5-8H2,(H,18,20). The van der Waals surface area contributed by atoms with E-state index in [1.165, 1.54) is 0 Å². The lowest BCUT2D eigenvalue weighted by molar-refractivity contribution is -0.152. The van der Waals surface area contributed by atoms with Gasteiger partial charge in [0, 0.05) is 17.6 Å². The summed E-state index contributed by atoms with van der Waals surface area (Å²) in [5.74, 6) is -1.00. The number of hydrogen-bond acceptors (Lipinski definition) is 5. The van der Waals surface area contributed by atoms with Crippen molar-refractivity contribution in [2.45, 2.75) is 24.9 Å². The van der Waals surface area contributed by atoms with E-state index in [2.05, 4.69) is 16.2 Å². The van der Waals surface area contributed by atoms with Gasteiger partial charge in [0.15, 0.2) is 6.61 Å². The minimum absolute atomic E-state index is 0.198. The molecule has 2 atom stereocenters. The number of hydrogen-bond donors (Lipinski definition) is 3. The van der Waals surface area contributed by atoms with Crippen LogP contribution in [-0.2, 0) is 14.3 Å². The van der Waals surface area contributed by atoms with Gasteiger partial charge in [-0.1, -0.05) is 23.7 Å². The molecule has 3 rings (SSSR count). The second-order valence-electron chi connectivity index (χ2n) is 5.61. The van der Waals surface area contributed by atoms with Gasteiger partial charge in [0.05, 0.1) is 12.0 Å². The number of nitrogens with one attached hydrogen (secondary N) is 3. The zero-order chi connectivity index (χ0) is 15.5. The number of rotatable bonds is 5. The van der Waals surface area contributed by atoms with Gasteiger partial charge in [0.25, 0.3) is 5.91 Å². The summed E-state index contributed by atoms with van der Waals surface area (Å²) in [6, 6.07) is 7.37. The van der Waals surface area contributed by atoms with Crippen LogP contribution < -0.4 is 16.2 Å². The third kappa shape index (κ3) is 3.76. The van der Waals surface area contributed by atoms with E-state index >= 15 is 0 Å². The molecule has 1 aliphatic carbocycles. The summed E-state index contributed by atoms with van der Waals surface area (Å²) in [6.07, 6.45) is 2.02. The van der Waals surface area contributed by atoms with Gasteiger partial charge in [-0.2, -0.15) is 0 Å². The SMILES string of the molecule is O=C(COC(=O)C1CNNC1c1ccc(Cl)cc1)NC1CC1. The topological polar surface area (TPSA) is 79.5 Å². The average Bonchev–Trinajstić information content (AvgIpc) is 3.18. The third-order valence-electron chi connectivity index (χ3n) is 3.80. The van der Waals surface area contributed by atoms with Gasteiger partial charge in [0.2, 0.25) is 0 Å². The Morgan fingerprint density at radius 3 is 2.68 bits per heavy atom. The van der Waals surface area contributed by atoms with Crippen molar-refractivity contribution in [2.24, 2.45) is 5.92 Å². The molecule has 0 spiro atoms. The molecular formula is C15H18ClN3O3. The summed E-state index contributed by atoms with van der Waals surface area (Å²) in [5.41, 5.74) is 6.96. The highest BCUT2D eigenvalue weighted by Crippen LogP contribution is 2.27. The van der Waals surface area contributed by atoms with Crippen LogP contribution in [0.2, 0.25) is 5.02 Å². The molecule has 0 bridgehead atoms. The number of esters is 1. The first-order valence-electron chi connectivity index (χ1n) is 7.33. The van der Waals surface area contributed by atoms with E-state index < -0.39 is 0 Å². The zero-order valence-electron chi connectivity index (χ0n) is 12.0. The Labute approximate surface area is 133 Å². The molecule has 1 saturated heterocycles. The van der Waals surface area contributed by atoms with Crippen molar-refractivity contribution >= 4 is 23.5 Å². The van der Waals surface area contributed by atoms with Gasteiger partial charge in [0.1, 0.15) is 0 Å². The maximum absolute atomic E-state index is 12.2. The third-order valence-corrected chi connectivity index (χ3v) is 4.05. The first kappa shape index (κ1) is 15.3. The van der Waals surface area contributed by atoms with E-state index in [1.54, 1.807) is 12.1 Å². The smallest absolute Gasteiger partial charge is 0.312 e. The molecule has 1 aromatic rings. The predicted octanol–water partition coefficient (Wildman–Crippen LogP) is 0.927. The average molecular weight is 324 g/mol. The summed E-state index contributed by atoms with van der Waals surface area (Å²) in [5, 5.41) is 3.43. The fourth-order valence-corrected chi connectivity index (χ4v) is 2.57. The lowest BCUT2D eigenvalue weighted by atomic mass is 9.95. The van der Waals surface area contributed by atoms with Gasteiger partial charge in [-0.25, -0.2) is 5.43 Å². The molecule has 2 unspecified atom stereocenters. The van der Waals surface area contributed by atoms with Crippen molar-refractivity contribution in [1.82, 2.24) is 16.2 Å². The molecule has 22 heavy (non-hydrogen) atoms. The van der Waals surface area contributed by atoms with Crippen molar-refractivity contribution in [1.29, 1.82) is 0 Å². The van der Waals surface area contributed by atoms with Crippen molar-refractivity contribution in [3.63, 3.8) is 0 Å². The van der Waals surface area contributed by atoms with Crippen LogP contribution in [-0.4, -0.2) is 31.1 Å². The summed E-state index contributed by atoms with van der Waals surface area (Å²) in [7, 11) is 0. The first-order valence-corrected chi connectivity index (χ1v) is 7.71. The number of halogens is 1. The maximum Gasteiger partial charge on any atom is 0.312 e. The van der Waals surface area contributed by atoms with Gasteiger partial charge in [-0.05, 0) is 30.5 Å². The number of amides is 1. The van der Waals surface area contributed by atoms with Crippen LogP contribution in [0.1, 0.15) is 24.4 Å². The van der Waals surface area contributed by atoms with E-state index in [-0.39, 0.29) is 36.5 Å². The lowest BCUT2D eigenvalue weighted by Crippen LogP contribution is -2.33. The zero-order valence-corrected chi connectivity index (χ0v) is 12.7. The highest BCUT2D eigenvalue weighted by molar-refractivity contribution is 6.30. The van der Waals surface area contributed by atoms with Crippen LogP contribution in [0.5, 0.6) is 0 Å². The summed E-state index contributed by atoms with van der Waals surface area (Å²) >= 11 is 5.88. The molecule has 0 aromatic heterocycles. The molecule has 2 aliphatic rings. The summed E-state index contributed by atoms with van der Waals surface area (Å²) in [6.45, 7) is 0.232. The molecular weight excluding hydrogens is 306 g/mol. The molecule has 1 saturated carbocycles. The van der Waals surface area contributed by atoms with E-state index in [9.17, 15) is 9.59 Å². The quantitative estimate of drug-likeness (QED) is 0.702. The van der Waals surface area contributed by atoms with E-state index in [4.69, 9.17) is 16.3 Å². The van der Waals surface area contributed by atoms with Gasteiger partial charge < -0.3 is 10.1 Å². The second-order valence-corrected chi connectivity index (χ2v) is 6.05. The number of benzene rings is 1. The Balaban J connectivity index is 1.56. The van der Waals surface area contributed by atoms with Crippen molar-refractivity contribution < 1.29 is 14.3 Å². The first-order chi connectivity index (χ1) is 10.6. The molecule has 2 fully saturated rings. The molecule has 7 heteroatoms. The van der Waals surface area contributed by atoms with Crippen molar-refractivity contribution in [3.05, 3.63) is 34.9 Å². The van der Waals surface area contributed by atoms with Crippen LogP contribution in [0.15, 0.2) is 24.3 Å². The van der Waals surface area contributed by atoms with Crippen molar-refractivity contribution in [3.8, 4) is 0 Å². The highest BCUT2D eigenvalue weighted by Gasteiger charge is 2.35. The highest BCUT2D eigenvalue weighted by atomic mass is 35.5.